The van der Waals surface area contributed by atoms with Crippen LogP contribution in [0, 0.1) is 24.7 Å². The third kappa shape index (κ3) is 6.49. The molecule has 0 radical (unpaired) electrons. The van der Waals surface area contributed by atoms with E-state index in [1.165, 1.54) is 0 Å². The quantitative estimate of drug-likeness (QED) is 0.734. The summed E-state index contributed by atoms with van der Waals surface area (Å²) in [6.07, 6.45) is -0.482. The van der Waals surface area contributed by atoms with Crippen LogP contribution in [0.2, 0.25) is 0 Å². The molecule has 0 aliphatic heterocycles. The second-order valence-electron chi connectivity index (χ2n) is 6.54. The van der Waals surface area contributed by atoms with Crippen molar-refractivity contribution in [2.24, 2.45) is 17.8 Å². The van der Waals surface area contributed by atoms with Crippen molar-refractivity contribution in [1.82, 2.24) is 5.32 Å². The predicted octanol–water partition coefficient (Wildman–Crippen LogP) is 3.25. The zero-order valence-corrected chi connectivity index (χ0v) is 14.1. The summed E-state index contributed by atoms with van der Waals surface area (Å²) >= 11 is 0. The molecular weight excluding hydrogens is 262 g/mol. The maximum atomic E-state index is 10.0. The number of ether oxygens (including phenoxy) is 1. The minimum absolute atomic E-state index is 0.325. The molecule has 0 aliphatic rings. The normalized spacial score (nSPS) is 13.2. The van der Waals surface area contributed by atoms with Gasteiger partial charge in [0.1, 0.15) is 18.5 Å². The number of aryl methyl sites for hydroxylation is 1. The van der Waals surface area contributed by atoms with Crippen LogP contribution in [-0.4, -0.2) is 30.9 Å². The molecule has 0 bridgehead atoms. The third-order valence-corrected chi connectivity index (χ3v) is 4.00. The van der Waals surface area contributed by atoms with Gasteiger partial charge in [0.05, 0.1) is 0 Å². The van der Waals surface area contributed by atoms with Gasteiger partial charge in [-0.3, -0.25) is 0 Å². The molecule has 1 aromatic rings. The van der Waals surface area contributed by atoms with Gasteiger partial charge >= 0.3 is 0 Å². The van der Waals surface area contributed by atoms with Crippen molar-refractivity contribution in [3.8, 4) is 5.75 Å². The molecule has 0 saturated carbocycles. The van der Waals surface area contributed by atoms with Crippen molar-refractivity contribution in [2.75, 3.05) is 19.7 Å². The van der Waals surface area contributed by atoms with Crippen LogP contribution in [-0.2, 0) is 0 Å². The van der Waals surface area contributed by atoms with E-state index in [0.29, 0.717) is 30.9 Å². The zero-order chi connectivity index (χ0) is 15.8. The lowest BCUT2D eigenvalue weighted by molar-refractivity contribution is 0.103. The molecule has 0 amide bonds. The minimum Gasteiger partial charge on any atom is -0.491 e. The van der Waals surface area contributed by atoms with Gasteiger partial charge in [-0.15, -0.1) is 0 Å². The lowest BCUT2D eigenvalue weighted by Crippen LogP contribution is -2.36. The summed E-state index contributed by atoms with van der Waals surface area (Å²) < 4.78 is 5.66. The molecular formula is C18H31NO2. The standard InChI is InChI=1S/C18H31NO2/c1-13(2)17(14(3)4)11-19-10-16(20)12-21-18-9-7-6-8-15(18)5/h6-9,13-14,16-17,19-20H,10-12H2,1-5H3. The van der Waals surface area contributed by atoms with E-state index < -0.39 is 6.10 Å². The molecule has 21 heavy (non-hydrogen) atoms. The fourth-order valence-electron chi connectivity index (χ4n) is 2.62. The monoisotopic (exact) mass is 293 g/mol. The molecule has 0 aromatic heterocycles. The average molecular weight is 293 g/mol. The molecule has 0 fully saturated rings. The summed E-state index contributed by atoms with van der Waals surface area (Å²) in [4.78, 5) is 0. The van der Waals surface area contributed by atoms with Gasteiger partial charge in [0.25, 0.3) is 0 Å². The van der Waals surface area contributed by atoms with Crippen molar-refractivity contribution in [2.45, 2.75) is 40.7 Å². The molecule has 0 aliphatic carbocycles. The fourth-order valence-corrected chi connectivity index (χ4v) is 2.62. The Balaban J connectivity index is 2.28. The topological polar surface area (TPSA) is 41.5 Å². The molecule has 120 valence electrons. The van der Waals surface area contributed by atoms with Crippen LogP contribution in [0.25, 0.3) is 0 Å². The number of rotatable bonds is 9. The first-order valence-electron chi connectivity index (χ1n) is 7.99. The maximum Gasteiger partial charge on any atom is 0.122 e. The molecule has 3 heteroatoms. The summed E-state index contributed by atoms with van der Waals surface area (Å²) in [6.45, 7) is 12.9. The summed E-state index contributed by atoms with van der Waals surface area (Å²) in [7, 11) is 0. The Hall–Kier alpha value is -1.06. The van der Waals surface area contributed by atoms with Crippen LogP contribution in [0.4, 0.5) is 0 Å². The second kappa shape index (κ2) is 9.06. The molecule has 2 N–H and O–H groups in total. The number of hydrogen-bond acceptors (Lipinski definition) is 3. The van der Waals surface area contributed by atoms with E-state index in [1.807, 2.05) is 31.2 Å². The Morgan fingerprint density at radius 2 is 1.67 bits per heavy atom. The van der Waals surface area contributed by atoms with Gasteiger partial charge in [0, 0.05) is 6.54 Å². The largest absolute Gasteiger partial charge is 0.491 e. The summed E-state index contributed by atoms with van der Waals surface area (Å²) in [6, 6.07) is 7.87. The highest BCUT2D eigenvalue weighted by Gasteiger charge is 2.17. The predicted molar refractivity (Wildman–Crippen MR) is 88.7 cm³/mol. The van der Waals surface area contributed by atoms with Crippen LogP contribution in [0.15, 0.2) is 24.3 Å². The first-order chi connectivity index (χ1) is 9.91. The Labute approximate surface area is 129 Å². The molecule has 1 aromatic carbocycles. The Bertz CT molecular complexity index is 396. The molecule has 1 atom stereocenters. The van der Waals surface area contributed by atoms with Crippen molar-refractivity contribution in [3.05, 3.63) is 29.8 Å². The van der Waals surface area contributed by atoms with Gasteiger partial charge in [-0.1, -0.05) is 45.9 Å². The van der Waals surface area contributed by atoms with Crippen LogP contribution in [0.3, 0.4) is 0 Å². The first kappa shape index (κ1) is 18.0. The molecule has 1 unspecified atom stereocenters. The lowest BCUT2D eigenvalue weighted by Gasteiger charge is -2.25. The summed E-state index contributed by atoms with van der Waals surface area (Å²) in [5.74, 6) is 2.78. The van der Waals surface area contributed by atoms with Gasteiger partial charge in [-0.05, 0) is 42.9 Å². The molecule has 0 heterocycles. The number of aliphatic hydroxyl groups is 1. The van der Waals surface area contributed by atoms with E-state index >= 15 is 0 Å². The van der Waals surface area contributed by atoms with E-state index in [9.17, 15) is 5.11 Å². The number of hydrogen-bond donors (Lipinski definition) is 2. The van der Waals surface area contributed by atoms with Gasteiger partial charge < -0.3 is 15.2 Å². The van der Waals surface area contributed by atoms with Gasteiger partial charge in [0.15, 0.2) is 0 Å². The Morgan fingerprint density at radius 1 is 1.05 bits per heavy atom. The Morgan fingerprint density at radius 3 is 2.24 bits per heavy atom. The van der Waals surface area contributed by atoms with E-state index in [-0.39, 0.29) is 0 Å². The van der Waals surface area contributed by atoms with Crippen molar-refractivity contribution >= 4 is 0 Å². The third-order valence-electron chi connectivity index (χ3n) is 4.00. The maximum absolute atomic E-state index is 10.0. The number of benzene rings is 1. The summed E-state index contributed by atoms with van der Waals surface area (Å²) in [5, 5.41) is 13.4. The highest BCUT2D eigenvalue weighted by molar-refractivity contribution is 5.31. The van der Waals surface area contributed by atoms with E-state index in [4.69, 9.17) is 4.74 Å². The molecule has 0 saturated heterocycles. The van der Waals surface area contributed by atoms with Crippen molar-refractivity contribution in [3.63, 3.8) is 0 Å². The number of aliphatic hydroxyl groups excluding tert-OH is 1. The number of nitrogens with one attached hydrogen (secondary N) is 1. The second-order valence-corrected chi connectivity index (χ2v) is 6.54. The van der Waals surface area contributed by atoms with Gasteiger partial charge in [-0.25, -0.2) is 0 Å². The molecule has 3 nitrogen and oxygen atoms in total. The SMILES string of the molecule is Cc1ccccc1OCC(O)CNCC(C(C)C)C(C)C. The van der Waals surface area contributed by atoms with Crippen LogP contribution in [0.5, 0.6) is 5.75 Å². The lowest BCUT2D eigenvalue weighted by atomic mass is 9.85. The Kier molecular flexibility index (Phi) is 7.76. The van der Waals surface area contributed by atoms with E-state index in [1.54, 1.807) is 0 Å². The van der Waals surface area contributed by atoms with Crippen molar-refractivity contribution < 1.29 is 9.84 Å². The smallest absolute Gasteiger partial charge is 0.122 e. The zero-order valence-electron chi connectivity index (χ0n) is 14.1. The molecule has 1 rings (SSSR count). The molecule has 0 spiro atoms. The summed E-state index contributed by atoms with van der Waals surface area (Å²) in [5.41, 5.74) is 1.09. The van der Waals surface area contributed by atoms with Crippen LogP contribution < -0.4 is 10.1 Å². The van der Waals surface area contributed by atoms with Crippen LogP contribution >= 0.6 is 0 Å². The van der Waals surface area contributed by atoms with Crippen molar-refractivity contribution in [1.29, 1.82) is 0 Å². The number of para-hydroxylation sites is 1. The highest BCUT2D eigenvalue weighted by atomic mass is 16.5. The fraction of sp³-hybridized carbons (Fsp3) is 0.667. The van der Waals surface area contributed by atoms with Gasteiger partial charge in [0.2, 0.25) is 0 Å². The van der Waals surface area contributed by atoms with Crippen LogP contribution in [0.1, 0.15) is 33.3 Å². The van der Waals surface area contributed by atoms with E-state index in [0.717, 1.165) is 17.9 Å². The minimum atomic E-state index is -0.482. The van der Waals surface area contributed by atoms with E-state index in [2.05, 4.69) is 33.0 Å². The van der Waals surface area contributed by atoms with Gasteiger partial charge in [-0.2, -0.15) is 0 Å². The first-order valence-corrected chi connectivity index (χ1v) is 7.99. The average Bonchev–Trinajstić information content (AvgIpc) is 2.41. The highest BCUT2D eigenvalue weighted by Crippen LogP contribution is 2.19.